The Morgan fingerprint density at radius 1 is 1.26 bits per heavy atom. The Kier molecular flexibility index (Phi) is 6.44. The smallest absolute Gasteiger partial charge is 0.325 e. The van der Waals surface area contributed by atoms with Crippen molar-refractivity contribution < 1.29 is 26.4 Å². The van der Waals surface area contributed by atoms with Crippen molar-refractivity contribution in [3.8, 4) is 0 Å². The molecule has 0 unspecified atom stereocenters. The number of hydrogen-bond acceptors (Lipinski definition) is 6. The highest BCUT2D eigenvalue weighted by molar-refractivity contribution is 7.99. The van der Waals surface area contributed by atoms with Crippen LogP contribution >= 0.6 is 11.8 Å². The molecule has 0 radical (unpaired) electrons. The lowest BCUT2D eigenvalue weighted by Gasteiger charge is -2.12. The van der Waals surface area contributed by atoms with E-state index in [1.54, 1.807) is 0 Å². The Bertz CT molecular complexity index is 934. The second kappa shape index (κ2) is 8.23. The third-order valence-corrected chi connectivity index (χ3v) is 5.83. The number of rotatable bonds is 6. The lowest BCUT2D eigenvalue weighted by molar-refractivity contribution is -0.141. The van der Waals surface area contributed by atoms with E-state index in [1.165, 1.54) is 38.4 Å². The van der Waals surface area contributed by atoms with Crippen molar-refractivity contribution in [2.75, 3.05) is 25.2 Å². The highest BCUT2D eigenvalue weighted by Gasteiger charge is 2.32. The summed E-state index contributed by atoms with van der Waals surface area (Å²) >= 11 is 0.732. The molecular formula is C15H15F3N4O3S2. The van der Waals surface area contributed by atoms with Crippen molar-refractivity contribution in [3.05, 3.63) is 42.2 Å². The summed E-state index contributed by atoms with van der Waals surface area (Å²) < 4.78 is 63.1. The maximum absolute atomic E-state index is 12.6. The molecule has 0 spiro atoms. The molecule has 0 aliphatic rings. The molecule has 0 saturated carbocycles. The molecule has 7 nitrogen and oxygen atoms in total. The van der Waals surface area contributed by atoms with Gasteiger partial charge in [0.1, 0.15) is 5.69 Å². The quantitative estimate of drug-likeness (QED) is 0.570. The van der Waals surface area contributed by atoms with Crippen LogP contribution in [0.4, 0.5) is 18.9 Å². The average Bonchev–Trinajstić information content (AvgIpc) is 2.59. The van der Waals surface area contributed by atoms with Gasteiger partial charge < -0.3 is 5.32 Å². The van der Waals surface area contributed by atoms with Gasteiger partial charge in [0.05, 0.1) is 10.6 Å². The number of sulfonamides is 1. The molecule has 0 saturated heterocycles. The van der Waals surface area contributed by atoms with Gasteiger partial charge in [0.15, 0.2) is 5.16 Å². The average molecular weight is 420 g/mol. The van der Waals surface area contributed by atoms with Crippen LogP contribution in [0.25, 0.3) is 0 Å². The van der Waals surface area contributed by atoms with Crippen LogP contribution in [0.1, 0.15) is 5.69 Å². The topological polar surface area (TPSA) is 92.3 Å². The highest BCUT2D eigenvalue weighted by atomic mass is 32.2. The van der Waals surface area contributed by atoms with Gasteiger partial charge in [-0.25, -0.2) is 22.7 Å². The summed E-state index contributed by atoms with van der Waals surface area (Å²) in [6, 6.07) is 6.38. The summed E-state index contributed by atoms with van der Waals surface area (Å²) in [6.07, 6.45) is -3.63. The molecule has 12 heteroatoms. The van der Waals surface area contributed by atoms with E-state index in [0.717, 1.165) is 28.3 Å². The predicted molar refractivity (Wildman–Crippen MR) is 93.7 cm³/mol. The minimum atomic E-state index is -4.60. The fourth-order valence-electron chi connectivity index (χ4n) is 1.84. The fourth-order valence-corrected chi connectivity index (χ4v) is 3.42. The summed E-state index contributed by atoms with van der Waals surface area (Å²) in [5, 5.41) is 2.30. The van der Waals surface area contributed by atoms with Crippen LogP contribution in [0.15, 0.2) is 46.6 Å². The minimum absolute atomic E-state index is 0.000773. The molecule has 2 aromatic rings. The van der Waals surface area contributed by atoms with Crippen LogP contribution in [0.2, 0.25) is 0 Å². The Morgan fingerprint density at radius 3 is 2.59 bits per heavy atom. The van der Waals surface area contributed by atoms with E-state index in [-0.39, 0.29) is 21.5 Å². The van der Waals surface area contributed by atoms with E-state index in [0.29, 0.717) is 0 Å². The van der Waals surface area contributed by atoms with Gasteiger partial charge in [-0.15, -0.1) is 0 Å². The van der Waals surface area contributed by atoms with E-state index in [1.807, 2.05) is 0 Å². The number of thioether (sulfide) groups is 1. The number of carbonyl (C=O) groups is 1. The van der Waals surface area contributed by atoms with Crippen molar-refractivity contribution >= 4 is 33.4 Å². The molecule has 2 rings (SSSR count). The van der Waals surface area contributed by atoms with Crippen molar-refractivity contribution in [3.63, 3.8) is 0 Å². The largest absolute Gasteiger partial charge is 0.433 e. The Hall–Kier alpha value is -2.18. The third kappa shape index (κ3) is 5.65. The molecule has 0 atom stereocenters. The van der Waals surface area contributed by atoms with Crippen LogP contribution in [0.5, 0.6) is 0 Å². The van der Waals surface area contributed by atoms with Crippen molar-refractivity contribution in [1.82, 2.24) is 14.3 Å². The first kappa shape index (κ1) is 21.1. The fraction of sp³-hybridized carbons (Fsp3) is 0.267. The van der Waals surface area contributed by atoms with Gasteiger partial charge in [0, 0.05) is 26.0 Å². The molecule has 0 fully saturated rings. The molecule has 146 valence electrons. The lowest BCUT2D eigenvalue weighted by Crippen LogP contribution is -2.22. The molecule has 27 heavy (non-hydrogen) atoms. The van der Waals surface area contributed by atoms with Crippen LogP contribution in [-0.4, -0.2) is 48.4 Å². The van der Waals surface area contributed by atoms with Crippen molar-refractivity contribution in [1.29, 1.82) is 0 Å². The molecule has 1 N–H and O–H groups in total. The molecule has 0 bridgehead atoms. The van der Waals surface area contributed by atoms with E-state index < -0.39 is 27.8 Å². The van der Waals surface area contributed by atoms with Crippen LogP contribution in [0, 0.1) is 0 Å². The highest BCUT2D eigenvalue weighted by Crippen LogP contribution is 2.28. The number of amides is 1. The zero-order chi connectivity index (χ0) is 20.2. The zero-order valence-corrected chi connectivity index (χ0v) is 15.8. The standard InChI is InChI=1S/C15H15F3N4O3S2/c1-22(2)27(24,25)11-5-3-4-10(8-11)20-13(23)9-26-14-19-7-6-12(21-14)15(16,17)18/h3-8H,9H2,1-2H3,(H,20,23). The Morgan fingerprint density at radius 2 is 1.96 bits per heavy atom. The van der Waals surface area contributed by atoms with Gasteiger partial charge in [-0.2, -0.15) is 13.2 Å². The second-order valence-electron chi connectivity index (χ2n) is 5.37. The number of hydrogen-bond donors (Lipinski definition) is 1. The van der Waals surface area contributed by atoms with Crippen LogP contribution in [-0.2, 0) is 21.0 Å². The monoisotopic (exact) mass is 420 g/mol. The van der Waals surface area contributed by atoms with Crippen LogP contribution < -0.4 is 5.32 Å². The van der Waals surface area contributed by atoms with Gasteiger partial charge in [-0.1, -0.05) is 17.8 Å². The first-order valence-corrected chi connectivity index (χ1v) is 9.78. The van der Waals surface area contributed by atoms with E-state index >= 15 is 0 Å². The third-order valence-electron chi connectivity index (χ3n) is 3.15. The number of benzene rings is 1. The van der Waals surface area contributed by atoms with Gasteiger partial charge >= 0.3 is 6.18 Å². The first-order chi connectivity index (χ1) is 12.5. The van der Waals surface area contributed by atoms with E-state index in [4.69, 9.17) is 0 Å². The molecule has 1 aromatic heterocycles. The van der Waals surface area contributed by atoms with Gasteiger partial charge in [0.25, 0.3) is 0 Å². The molecule has 1 amide bonds. The van der Waals surface area contributed by atoms with Crippen LogP contribution in [0.3, 0.4) is 0 Å². The van der Waals surface area contributed by atoms with Crippen molar-refractivity contribution in [2.45, 2.75) is 16.2 Å². The second-order valence-corrected chi connectivity index (χ2v) is 8.47. The molecule has 0 aliphatic heterocycles. The number of anilines is 1. The summed E-state index contributed by atoms with van der Waals surface area (Å²) in [5.41, 5.74) is -0.851. The summed E-state index contributed by atoms with van der Waals surface area (Å²) in [7, 11) is -0.896. The minimum Gasteiger partial charge on any atom is -0.325 e. The summed E-state index contributed by atoms with van der Waals surface area (Å²) in [5.74, 6) is -0.785. The predicted octanol–water partition coefficient (Wildman–Crippen LogP) is 2.48. The maximum Gasteiger partial charge on any atom is 0.433 e. The van der Waals surface area contributed by atoms with Crippen molar-refractivity contribution in [2.24, 2.45) is 0 Å². The van der Waals surface area contributed by atoms with Gasteiger partial charge in [0.2, 0.25) is 15.9 Å². The SMILES string of the molecule is CN(C)S(=O)(=O)c1cccc(NC(=O)CSc2nccc(C(F)(F)F)n2)c1. The molecule has 1 heterocycles. The number of nitrogens with one attached hydrogen (secondary N) is 1. The molecular weight excluding hydrogens is 405 g/mol. The molecule has 1 aromatic carbocycles. The summed E-state index contributed by atoms with van der Waals surface area (Å²) in [6.45, 7) is 0. The maximum atomic E-state index is 12.6. The van der Waals surface area contributed by atoms with Gasteiger partial charge in [-0.3, -0.25) is 4.79 Å². The molecule has 0 aliphatic carbocycles. The zero-order valence-electron chi connectivity index (χ0n) is 14.2. The summed E-state index contributed by atoms with van der Waals surface area (Å²) in [4.78, 5) is 19.0. The lowest BCUT2D eigenvalue weighted by atomic mass is 10.3. The Balaban J connectivity index is 2.03. The number of halogens is 3. The Labute approximate surface area is 158 Å². The van der Waals surface area contributed by atoms with E-state index in [2.05, 4.69) is 15.3 Å². The number of carbonyl (C=O) groups excluding carboxylic acids is 1. The van der Waals surface area contributed by atoms with Gasteiger partial charge in [-0.05, 0) is 24.3 Å². The normalized spacial score (nSPS) is 12.2. The number of aromatic nitrogens is 2. The van der Waals surface area contributed by atoms with E-state index in [9.17, 15) is 26.4 Å². The first-order valence-electron chi connectivity index (χ1n) is 7.35. The number of alkyl halides is 3. The number of nitrogens with zero attached hydrogens (tertiary/aromatic N) is 3.